The number of phenolic OH excluding ortho intramolecular Hbond substituents is 1. The second-order valence-corrected chi connectivity index (χ2v) is 9.27. The molecule has 1 heterocycles. The number of carbonyl (C=O) groups excluding carboxylic acids is 1. The highest BCUT2D eigenvalue weighted by Gasteiger charge is 2.19. The molecule has 180 valence electrons. The van der Waals surface area contributed by atoms with E-state index >= 15 is 0 Å². The molecule has 5 heteroatoms. The third-order valence-corrected chi connectivity index (χ3v) is 6.79. The number of anilines is 1. The number of nitrogens with zero attached hydrogens (tertiary/aromatic N) is 1. The van der Waals surface area contributed by atoms with Gasteiger partial charge in [0, 0.05) is 25.3 Å². The molecule has 0 radical (unpaired) electrons. The second-order valence-electron chi connectivity index (χ2n) is 9.27. The summed E-state index contributed by atoms with van der Waals surface area (Å²) in [6.07, 6.45) is 0. The average Bonchev–Trinajstić information content (AvgIpc) is 2.92. The number of phenols is 1. The number of ketones is 1. The molecule has 0 bridgehead atoms. The molecule has 0 fully saturated rings. The van der Waals surface area contributed by atoms with E-state index in [0.29, 0.717) is 32.9 Å². The highest BCUT2D eigenvalue weighted by Crippen LogP contribution is 2.36. The Hall–Kier alpha value is -4.90. The van der Waals surface area contributed by atoms with E-state index in [9.17, 15) is 14.7 Å². The SMILES string of the molecule is CN(C)c1ccc(-c2cc3oc4ccccc4c(=O)c3c3ccc(C(=O)c4ccccc4O)cc23)cc1. The fraction of sp³-hybridized carbons (Fsp3) is 0.0625. The van der Waals surface area contributed by atoms with Crippen molar-refractivity contribution in [1.29, 1.82) is 0 Å². The normalized spacial score (nSPS) is 11.3. The summed E-state index contributed by atoms with van der Waals surface area (Å²) in [5.74, 6) is -0.364. The Kier molecular flexibility index (Phi) is 5.27. The van der Waals surface area contributed by atoms with Crippen molar-refractivity contribution in [1.82, 2.24) is 0 Å². The highest BCUT2D eigenvalue weighted by atomic mass is 16.3. The summed E-state index contributed by atoms with van der Waals surface area (Å²) in [5, 5.41) is 12.7. The van der Waals surface area contributed by atoms with E-state index in [2.05, 4.69) is 0 Å². The van der Waals surface area contributed by atoms with Gasteiger partial charge in [-0.25, -0.2) is 0 Å². The zero-order valence-corrected chi connectivity index (χ0v) is 20.4. The first-order valence-corrected chi connectivity index (χ1v) is 11.9. The molecule has 5 aromatic carbocycles. The van der Waals surface area contributed by atoms with E-state index in [4.69, 9.17) is 4.42 Å². The maximum absolute atomic E-state index is 13.6. The predicted molar refractivity (Wildman–Crippen MR) is 149 cm³/mol. The molecular formula is C32H23NO4. The molecule has 6 rings (SSSR count). The average molecular weight is 486 g/mol. The Morgan fingerprint density at radius 2 is 1.49 bits per heavy atom. The van der Waals surface area contributed by atoms with Crippen LogP contribution in [-0.4, -0.2) is 25.0 Å². The molecule has 5 nitrogen and oxygen atoms in total. The Morgan fingerprint density at radius 1 is 0.757 bits per heavy atom. The number of rotatable bonds is 4. The van der Waals surface area contributed by atoms with Crippen LogP contribution >= 0.6 is 0 Å². The molecule has 0 aliphatic carbocycles. The van der Waals surface area contributed by atoms with Gasteiger partial charge in [-0.15, -0.1) is 0 Å². The Bertz CT molecular complexity index is 1900. The summed E-state index contributed by atoms with van der Waals surface area (Å²) in [6.45, 7) is 0. The van der Waals surface area contributed by atoms with Crippen LogP contribution in [0.1, 0.15) is 15.9 Å². The van der Waals surface area contributed by atoms with Gasteiger partial charge >= 0.3 is 0 Å². The molecule has 0 spiro atoms. The lowest BCUT2D eigenvalue weighted by Gasteiger charge is -2.15. The standard InChI is InChI=1S/C32H23NO4/c1-33(2)21-14-11-19(12-15-21)25-18-29-30(32(36)24-8-4-6-10-28(24)37-29)22-16-13-20(17-26(22)25)31(35)23-7-3-5-9-27(23)34/h3-18,34H,1-2H3. The van der Waals surface area contributed by atoms with Crippen LogP contribution in [0.3, 0.4) is 0 Å². The number of carbonyl (C=O) groups is 1. The van der Waals surface area contributed by atoms with Crippen LogP contribution in [0.2, 0.25) is 0 Å². The van der Waals surface area contributed by atoms with E-state index < -0.39 is 0 Å². The Balaban J connectivity index is 1.67. The summed E-state index contributed by atoms with van der Waals surface area (Å²) in [7, 11) is 3.97. The van der Waals surface area contributed by atoms with Gasteiger partial charge in [0.1, 0.15) is 16.9 Å². The molecule has 1 aromatic heterocycles. The molecule has 0 aliphatic rings. The minimum Gasteiger partial charge on any atom is -0.507 e. The van der Waals surface area contributed by atoms with Gasteiger partial charge in [0.2, 0.25) is 5.43 Å². The van der Waals surface area contributed by atoms with Crippen LogP contribution in [0.25, 0.3) is 43.8 Å². The molecular weight excluding hydrogens is 462 g/mol. The third kappa shape index (κ3) is 3.72. The number of fused-ring (bicyclic) bond motifs is 4. The van der Waals surface area contributed by atoms with Crippen LogP contribution in [0, 0.1) is 0 Å². The number of benzene rings is 5. The number of aromatic hydroxyl groups is 1. The summed E-state index contributed by atoms with van der Waals surface area (Å²) in [6, 6.07) is 29.0. The Morgan fingerprint density at radius 3 is 2.24 bits per heavy atom. The van der Waals surface area contributed by atoms with Crippen molar-refractivity contribution in [2.75, 3.05) is 19.0 Å². The molecule has 0 saturated heterocycles. The fourth-order valence-electron chi connectivity index (χ4n) is 4.85. The lowest BCUT2D eigenvalue weighted by molar-refractivity contribution is 0.103. The van der Waals surface area contributed by atoms with Crippen molar-refractivity contribution in [2.45, 2.75) is 0 Å². The first-order valence-electron chi connectivity index (χ1n) is 11.9. The summed E-state index contributed by atoms with van der Waals surface area (Å²) in [4.78, 5) is 29.0. The first kappa shape index (κ1) is 22.6. The zero-order valence-electron chi connectivity index (χ0n) is 20.4. The third-order valence-electron chi connectivity index (χ3n) is 6.79. The molecule has 0 aliphatic heterocycles. The van der Waals surface area contributed by atoms with Crippen molar-refractivity contribution in [3.63, 3.8) is 0 Å². The number of para-hydroxylation sites is 2. The van der Waals surface area contributed by atoms with E-state index in [-0.39, 0.29) is 22.5 Å². The van der Waals surface area contributed by atoms with Gasteiger partial charge in [0.05, 0.1) is 16.3 Å². The summed E-state index contributed by atoms with van der Waals surface area (Å²) < 4.78 is 6.21. The van der Waals surface area contributed by atoms with E-state index in [0.717, 1.165) is 22.2 Å². The summed E-state index contributed by atoms with van der Waals surface area (Å²) in [5.41, 5.74) is 4.38. The molecule has 0 unspecified atom stereocenters. The maximum Gasteiger partial charge on any atom is 0.201 e. The van der Waals surface area contributed by atoms with Crippen LogP contribution < -0.4 is 10.3 Å². The Labute approximate surface area is 212 Å². The minimum atomic E-state index is -0.292. The molecule has 6 aromatic rings. The lowest BCUT2D eigenvalue weighted by atomic mass is 9.91. The summed E-state index contributed by atoms with van der Waals surface area (Å²) >= 11 is 0. The fourth-order valence-corrected chi connectivity index (χ4v) is 4.85. The van der Waals surface area contributed by atoms with Crippen molar-refractivity contribution < 1.29 is 14.3 Å². The number of hydrogen-bond acceptors (Lipinski definition) is 5. The molecule has 0 atom stereocenters. The van der Waals surface area contributed by atoms with Gasteiger partial charge in [-0.1, -0.05) is 48.5 Å². The molecule has 0 amide bonds. The van der Waals surface area contributed by atoms with Crippen molar-refractivity contribution in [2.24, 2.45) is 0 Å². The largest absolute Gasteiger partial charge is 0.507 e. The van der Waals surface area contributed by atoms with Crippen molar-refractivity contribution >= 4 is 44.2 Å². The van der Waals surface area contributed by atoms with Gasteiger partial charge in [0.15, 0.2) is 5.78 Å². The smallest absolute Gasteiger partial charge is 0.201 e. The van der Waals surface area contributed by atoms with Crippen molar-refractivity contribution in [3.8, 4) is 16.9 Å². The number of hydrogen-bond donors (Lipinski definition) is 1. The quantitative estimate of drug-likeness (QED) is 0.170. The maximum atomic E-state index is 13.6. The van der Waals surface area contributed by atoms with Crippen LogP contribution in [0.4, 0.5) is 5.69 Å². The first-order chi connectivity index (χ1) is 17.9. The van der Waals surface area contributed by atoms with Crippen LogP contribution in [0.15, 0.2) is 106 Å². The van der Waals surface area contributed by atoms with E-state index in [1.165, 1.54) is 6.07 Å². The molecule has 37 heavy (non-hydrogen) atoms. The van der Waals surface area contributed by atoms with Crippen molar-refractivity contribution in [3.05, 3.63) is 118 Å². The predicted octanol–water partition coefficient (Wildman–Crippen LogP) is 6.77. The van der Waals surface area contributed by atoms with Gasteiger partial charge in [-0.05, 0) is 70.4 Å². The second kappa shape index (κ2) is 8.64. The van der Waals surface area contributed by atoms with E-state index in [1.54, 1.807) is 48.5 Å². The zero-order chi connectivity index (χ0) is 25.7. The lowest BCUT2D eigenvalue weighted by Crippen LogP contribution is -2.08. The van der Waals surface area contributed by atoms with Gasteiger partial charge in [-0.3, -0.25) is 9.59 Å². The monoisotopic (exact) mass is 485 g/mol. The van der Waals surface area contributed by atoms with Gasteiger partial charge in [0.25, 0.3) is 0 Å². The van der Waals surface area contributed by atoms with Crippen LogP contribution in [-0.2, 0) is 0 Å². The molecule has 1 N–H and O–H groups in total. The van der Waals surface area contributed by atoms with Crippen LogP contribution in [0.5, 0.6) is 5.75 Å². The molecule has 0 saturated carbocycles. The highest BCUT2D eigenvalue weighted by molar-refractivity contribution is 6.18. The van der Waals surface area contributed by atoms with E-state index in [1.807, 2.05) is 61.5 Å². The topological polar surface area (TPSA) is 70.8 Å². The van der Waals surface area contributed by atoms with Gasteiger partial charge in [-0.2, -0.15) is 0 Å². The van der Waals surface area contributed by atoms with Gasteiger partial charge < -0.3 is 14.4 Å². The minimum absolute atomic E-state index is 0.0716.